The van der Waals surface area contributed by atoms with Crippen LogP contribution in [0.4, 0.5) is 0 Å². The van der Waals surface area contributed by atoms with Crippen molar-refractivity contribution in [2.45, 2.75) is 45.1 Å². The Bertz CT molecular complexity index is 394. The first-order chi connectivity index (χ1) is 7.96. The molecule has 0 aromatic carbocycles. The van der Waals surface area contributed by atoms with Gasteiger partial charge in [0, 0.05) is 17.0 Å². The summed E-state index contributed by atoms with van der Waals surface area (Å²) in [6, 6.07) is 2.05. The minimum atomic E-state index is -0.355. The number of hydrogen-bond acceptors (Lipinski definition) is 3. The molecule has 1 amide bonds. The van der Waals surface area contributed by atoms with Gasteiger partial charge in [-0.25, -0.2) is 0 Å². The fourth-order valence-electron chi connectivity index (χ4n) is 2.00. The second-order valence-corrected chi connectivity index (χ2v) is 6.57. The first kappa shape index (κ1) is 12.6. The summed E-state index contributed by atoms with van der Waals surface area (Å²) in [6.07, 6.45) is 4.77. The van der Waals surface area contributed by atoms with Crippen molar-refractivity contribution >= 4 is 17.2 Å². The molecule has 1 aliphatic rings. The highest BCUT2D eigenvalue weighted by molar-refractivity contribution is 7.14. The zero-order valence-electron chi connectivity index (χ0n) is 10.5. The van der Waals surface area contributed by atoms with Gasteiger partial charge in [-0.15, -0.1) is 11.3 Å². The van der Waals surface area contributed by atoms with Gasteiger partial charge in [0.05, 0.1) is 4.88 Å². The van der Waals surface area contributed by atoms with E-state index in [-0.39, 0.29) is 11.4 Å². The molecule has 0 radical (unpaired) electrons. The Balaban J connectivity index is 2.02. The zero-order valence-corrected chi connectivity index (χ0v) is 11.3. The summed E-state index contributed by atoms with van der Waals surface area (Å²) < 4.78 is 0. The maximum Gasteiger partial charge on any atom is 0.261 e. The van der Waals surface area contributed by atoms with Gasteiger partial charge < -0.3 is 11.1 Å². The molecule has 17 heavy (non-hydrogen) atoms. The average molecular weight is 252 g/mol. The van der Waals surface area contributed by atoms with E-state index in [1.165, 1.54) is 23.3 Å². The number of carbonyl (C=O) groups is 1. The van der Waals surface area contributed by atoms with Gasteiger partial charge in [-0.05, 0) is 51.2 Å². The topological polar surface area (TPSA) is 55.1 Å². The first-order valence-electron chi connectivity index (χ1n) is 6.14. The normalized spacial score (nSPS) is 15.5. The van der Waals surface area contributed by atoms with Gasteiger partial charge in [0.2, 0.25) is 0 Å². The van der Waals surface area contributed by atoms with Gasteiger partial charge in [0.25, 0.3) is 5.91 Å². The summed E-state index contributed by atoms with van der Waals surface area (Å²) >= 11 is 1.64. The molecule has 0 saturated carbocycles. The Morgan fingerprint density at radius 3 is 2.82 bits per heavy atom. The molecule has 1 aromatic rings. The smallest absolute Gasteiger partial charge is 0.261 e. The molecule has 0 fully saturated rings. The van der Waals surface area contributed by atoms with E-state index in [4.69, 9.17) is 5.73 Å². The monoisotopic (exact) mass is 252 g/mol. The summed E-state index contributed by atoms with van der Waals surface area (Å²) in [7, 11) is 0. The van der Waals surface area contributed by atoms with Crippen LogP contribution in [-0.2, 0) is 12.8 Å². The zero-order chi connectivity index (χ0) is 12.5. The van der Waals surface area contributed by atoms with Gasteiger partial charge >= 0.3 is 0 Å². The molecule has 3 N–H and O–H groups in total. The van der Waals surface area contributed by atoms with E-state index in [9.17, 15) is 4.79 Å². The van der Waals surface area contributed by atoms with Crippen molar-refractivity contribution in [2.75, 3.05) is 6.54 Å². The third kappa shape index (κ3) is 3.30. The van der Waals surface area contributed by atoms with Crippen LogP contribution in [0.15, 0.2) is 6.07 Å². The molecular weight excluding hydrogens is 232 g/mol. The predicted octanol–water partition coefficient (Wildman–Crippen LogP) is 2.09. The second-order valence-electron chi connectivity index (χ2n) is 5.44. The first-order valence-corrected chi connectivity index (χ1v) is 6.96. The molecule has 0 bridgehead atoms. The number of nitrogens with one attached hydrogen (secondary N) is 1. The number of carbonyl (C=O) groups excluding carboxylic acids is 1. The van der Waals surface area contributed by atoms with E-state index in [0.29, 0.717) is 6.54 Å². The molecule has 4 heteroatoms. The third-order valence-electron chi connectivity index (χ3n) is 2.92. The van der Waals surface area contributed by atoms with E-state index in [2.05, 4.69) is 11.4 Å². The second kappa shape index (κ2) is 4.78. The Kier molecular flexibility index (Phi) is 3.54. The van der Waals surface area contributed by atoms with Crippen molar-refractivity contribution in [1.82, 2.24) is 5.32 Å². The molecule has 0 saturated heterocycles. The number of nitrogens with two attached hydrogens (primary N) is 1. The molecule has 3 nitrogen and oxygen atoms in total. The summed E-state index contributed by atoms with van der Waals surface area (Å²) in [5, 5.41) is 2.89. The number of rotatable bonds is 3. The van der Waals surface area contributed by atoms with Crippen LogP contribution < -0.4 is 11.1 Å². The summed E-state index contributed by atoms with van der Waals surface area (Å²) in [5.41, 5.74) is 6.87. The van der Waals surface area contributed by atoms with Crippen LogP contribution in [0, 0.1) is 0 Å². The van der Waals surface area contributed by atoms with Gasteiger partial charge in [0.15, 0.2) is 0 Å². The van der Waals surface area contributed by atoms with E-state index in [1.807, 2.05) is 13.8 Å². The average Bonchev–Trinajstić information content (AvgIpc) is 2.68. The summed E-state index contributed by atoms with van der Waals surface area (Å²) in [6.45, 7) is 4.33. The van der Waals surface area contributed by atoms with Gasteiger partial charge in [-0.1, -0.05) is 0 Å². The number of hydrogen-bond donors (Lipinski definition) is 2. The number of aryl methyl sites for hydroxylation is 2. The van der Waals surface area contributed by atoms with Crippen molar-refractivity contribution in [3.05, 3.63) is 21.4 Å². The van der Waals surface area contributed by atoms with Crippen LogP contribution in [-0.4, -0.2) is 18.0 Å². The lowest BCUT2D eigenvalue weighted by Gasteiger charge is -2.18. The van der Waals surface area contributed by atoms with Crippen molar-refractivity contribution in [3.63, 3.8) is 0 Å². The Hall–Kier alpha value is -0.870. The molecule has 2 rings (SSSR count). The highest BCUT2D eigenvalue weighted by Crippen LogP contribution is 2.29. The molecule has 94 valence electrons. The van der Waals surface area contributed by atoms with Crippen molar-refractivity contribution in [3.8, 4) is 0 Å². The SMILES string of the molecule is CC(C)(N)CNC(=O)c1cc2c(s1)CCCC2. The molecule has 0 atom stereocenters. The van der Waals surface area contributed by atoms with Crippen LogP contribution in [0.2, 0.25) is 0 Å². The summed E-state index contributed by atoms with van der Waals surface area (Å²) in [5.74, 6) is 0.0166. The fourth-order valence-corrected chi connectivity index (χ4v) is 3.17. The Labute approximate surface area is 106 Å². The highest BCUT2D eigenvalue weighted by Gasteiger charge is 2.18. The number of thiophene rings is 1. The van der Waals surface area contributed by atoms with E-state index in [0.717, 1.165) is 17.7 Å². The lowest BCUT2D eigenvalue weighted by atomic mass is 9.99. The van der Waals surface area contributed by atoms with Crippen molar-refractivity contribution in [2.24, 2.45) is 5.73 Å². The van der Waals surface area contributed by atoms with Crippen LogP contribution >= 0.6 is 11.3 Å². The van der Waals surface area contributed by atoms with Crippen LogP contribution in [0.25, 0.3) is 0 Å². The quantitative estimate of drug-likeness (QED) is 0.865. The standard InChI is InChI=1S/C13H20N2OS/c1-13(2,14)8-15-12(16)11-7-9-5-3-4-6-10(9)17-11/h7H,3-6,8,14H2,1-2H3,(H,15,16). The molecular formula is C13H20N2OS. The highest BCUT2D eigenvalue weighted by atomic mass is 32.1. The maximum absolute atomic E-state index is 12.0. The fraction of sp³-hybridized carbons (Fsp3) is 0.615. The van der Waals surface area contributed by atoms with Crippen LogP contribution in [0.3, 0.4) is 0 Å². The molecule has 0 aliphatic heterocycles. The van der Waals surface area contributed by atoms with E-state index < -0.39 is 0 Å². The molecule has 0 unspecified atom stereocenters. The minimum Gasteiger partial charge on any atom is -0.350 e. The van der Waals surface area contributed by atoms with Crippen molar-refractivity contribution < 1.29 is 4.79 Å². The van der Waals surface area contributed by atoms with E-state index >= 15 is 0 Å². The summed E-state index contributed by atoms with van der Waals surface area (Å²) in [4.78, 5) is 14.2. The maximum atomic E-state index is 12.0. The Morgan fingerprint density at radius 1 is 1.47 bits per heavy atom. The van der Waals surface area contributed by atoms with Gasteiger partial charge in [-0.2, -0.15) is 0 Å². The van der Waals surface area contributed by atoms with Gasteiger partial charge in [0.1, 0.15) is 0 Å². The predicted molar refractivity (Wildman–Crippen MR) is 71.6 cm³/mol. The lowest BCUT2D eigenvalue weighted by Crippen LogP contribution is -2.44. The lowest BCUT2D eigenvalue weighted by molar-refractivity contribution is 0.0950. The molecule has 1 heterocycles. The molecule has 1 aliphatic carbocycles. The number of fused-ring (bicyclic) bond motifs is 1. The van der Waals surface area contributed by atoms with Crippen molar-refractivity contribution in [1.29, 1.82) is 0 Å². The van der Waals surface area contributed by atoms with E-state index in [1.54, 1.807) is 11.3 Å². The Morgan fingerprint density at radius 2 is 2.18 bits per heavy atom. The van der Waals surface area contributed by atoms with Gasteiger partial charge in [-0.3, -0.25) is 4.79 Å². The minimum absolute atomic E-state index is 0.0166. The number of amides is 1. The van der Waals surface area contributed by atoms with Crippen LogP contribution in [0.5, 0.6) is 0 Å². The molecule has 1 aromatic heterocycles. The van der Waals surface area contributed by atoms with Crippen LogP contribution in [0.1, 0.15) is 46.8 Å². The molecule has 0 spiro atoms. The third-order valence-corrected chi connectivity index (χ3v) is 4.16. The largest absolute Gasteiger partial charge is 0.350 e.